The molecule has 6 heterocycles. The Morgan fingerprint density at radius 3 is 1.88 bits per heavy atom. The molecule has 11 heteroatoms. The number of methoxy groups -OCH3 is 2. The summed E-state index contributed by atoms with van der Waals surface area (Å²) >= 11 is 0. The molecule has 0 fully saturated rings. The quantitative estimate of drug-likeness (QED) is 0.114. The van der Waals surface area contributed by atoms with Crippen molar-refractivity contribution in [2.45, 2.75) is 19.1 Å². The first kappa shape index (κ1) is 32.6. The molecule has 52 heavy (non-hydrogen) atoms. The maximum absolute atomic E-state index is 6.26. The largest absolute Gasteiger partial charge is 0.497 e. The lowest BCUT2D eigenvalue weighted by molar-refractivity contribution is 0.415. The van der Waals surface area contributed by atoms with Crippen LogP contribution in [0, 0.1) is 23.8 Å². The molecule has 2 aromatic carbocycles. The number of rotatable bonds is 9. The SMILES string of the molecule is C#Cc1ccn2c(NCC[Si](C)(C)C#Cc3ccn4c(NC)c(-c5cc6cc(OC)ccc6o5)nc4c3)c(-c3cc4cc(OC)ccc4o3)nc2c1. The molecule has 6 aromatic heterocycles. The molecule has 10 nitrogen and oxygen atoms in total. The van der Waals surface area contributed by atoms with Gasteiger partial charge in [0.1, 0.15) is 65.1 Å². The molecule has 258 valence electrons. The maximum atomic E-state index is 6.26. The number of fused-ring (bicyclic) bond motifs is 4. The Kier molecular flexibility index (Phi) is 8.13. The molecular weight excluding hydrogens is 669 g/mol. The number of hydrogen-bond donors (Lipinski definition) is 2. The fraction of sp³-hybridized carbons (Fsp3) is 0.171. The number of furan rings is 2. The van der Waals surface area contributed by atoms with Crippen LogP contribution >= 0.6 is 0 Å². The van der Waals surface area contributed by atoms with Crippen LogP contribution in [0.25, 0.3) is 56.1 Å². The van der Waals surface area contributed by atoms with Crippen molar-refractivity contribution in [3.8, 4) is 58.2 Å². The van der Waals surface area contributed by atoms with Crippen LogP contribution in [0.1, 0.15) is 11.1 Å². The first-order valence-corrected chi connectivity index (χ1v) is 20.1. The zero-order chi connectivity index (χ0) is 36.0. The third kappa shape index (κ3) is 5.97. The van der Waals surface area contributed by atoms with E-state index < -0.39 is 8.07 Å². The summed E-state index contributed by atoms with van der Waals surface area (Å²) in [7, 11) is 3.21. The van der Waals surface area contributed by atoms with Gasteiger partial charge in [-0.1, -0.05) is 24.9 Å². The molecule has 0 spiro atoms. The van der Waals surface area contributed by atoms with Crippen molar-refractivity contribution in [3.63, 3.8) is 0 Å². The predicted molar refractivity (Wildman–Crippen MR) is 209 cm³/mol. The number of benzene rings is 2. The van der Waals surface area contributed by atoms with Gasteiger partial charge in [-0.25, -0.2) is 9.97 Å². The highest BCUT2D eigenvalue weighted by Crippen LogP contribution is 2.36. The highest BCUT2D eigenvalue weighted by Gasteiger charge is 2.22. The molecule has 8 aromatic rings. The van der Waals surface area contributed by atoms with Crippen molar-refractivity contribution >= 4 is 52.9 Å². The van der Waals surface area contributed by atoms with Crippen molar-refractivity contribution in [2.75, 3.05) is 38.4 Å². The second-order valence-electron chi connectivity index (χ2n) is 13.1. The molecule has 0 saturated heterocycles. The van der Waals surface area contributed by atoms with Gasteiger partial charge in [-0.15, -0.1) is 12.0 Å². The first-order valence-electron chi connectivity index (χ1n) is 16.9. The molecule has 0 radical (unpaired) electrons. The van der Waals surface area contributed by atoms with Crippen LogP contribution in [0.15, 0.2) is 94.0 Å². The lowest BCUT2D eigenvalue weighted by atomic mass is 10.2. The molecule has 0 aliphatic rings. The Labute approximate surface area is 301 Å². The van der Waals surface area contributed by atoms with Crippen LogP contribution in [0.3, 0.4) is 0 Å². The van der Waals surface area contributed by atoms with Gasteiger partial charge >= 0.3 is 0 Å². The molecule has 8 rings (SSSR count). The maximum Gasteiger partial charge on any atom is 0.157 e. The number of nitrogens with zero attached hydrogens (tertiary/aromatic N) is 4. The summed E-state index contributed by atoms with van der Waals surface area (Å²) in [4.78, 5) is 9.88. The molecule has 0 saturated carbocycles. The second-order valence-corrected chi connectivity index (χ2v) is 17.7. The summed E-state index contributed by atoms with van der Waals surface area (Å²) in [6.07, 6.45) is 9.64. The van der Waals surface area contributed by atoms with Crippen molar-refractivity contribution < 1.29 is 18.3 Å². The third-order valence-corrected chi connectivity index (χ3v) is 11.5. The summed E-state index contributed by atoms with van der Waals surface area (Å²) in [6, 6.07) is 24.2. The minimum atomic E-state index is -1.98. The Morgan fingerprint density at radius 1 is 0.750 bits per heavy atom. The van der Waals surface area contributed by atoms with Crippen LogP contribution < -0.4 is 20.1 Å². The average Bonchev–Trinajstić information content (AvgIpc) is 3.94. The van der Waals surface area contributed by atoms with Crippen molar-refractivity contribution in [1.82, 2.24) is 18.8 Å². The monoisotopic (exact) mass is 704 g/mol. The summed E-state index contributed by atoms with van der Waals surface area (Å²) in [5.74, 6) is 10.7. The minimum absolute atomic E-state index is 0.660. The Morgan fingerprint density at radius 2 is 1.31 bits per heavy atom. The zero-order valence-electron chi connectivity index (χ0n) is 29.5. The van der Waals surface area contributed by atoms with E-state index in [1.54, 1.807) is 14.2 Å². The molecule has 0 unspecified atom stereocenters. The van der Waals surface area contributed by atoms with Gasteiger partial charge in [-0.3, -0.25) is 8.80 Å². The Hall–Kier alpha value is -6.56. The molecular formula is C41H36N6O4Si. The minimum Gasteiger partial charge on any atom is -0.497 e. The topological polar surface area (TPSA) is 103 Å². The van der Waals surface area contributed by atoms with Gasteiger partial charge in [0.05, 0.1) is 14.2 Å². The number of ether oxygens (including phenoxy) is 2. The Bertz CT molecular complexity index is 2750. The van der Waals surface area contributed by atoms with Crippen LogP contribution in [0.5, 0.6) is 11.5 Å². The fourth-order valence-electron chi connectivity index (χ4n) is 6.34. The van der Waals surface area contributed by atoms with E-state index >= 15 is 0 Å². The van der Waals surface area contributed by atoms with E-state index in [4.69, 9.17) is 34.7 Å². The average molecular weight is 705 g/mol. The summed E-state index contributed by atoms with van der Waals surface area (Å²) in [6.45, 7) is 5.27. The number of aromatic nitrogens is 4. The van der Waals surface area contributed by atoms with Crippen molar-refractivity contribution in [1.29, 1.82) is 0 Å². The fourth-order valence-corrected chi connectivity index (χ4v) is 7.69. The lowest BCUT2D eigenvalue weighted by Gasteiger charge is -2.16. The van der Waals surface area contributed by atoms with E-state index in [2.05, 4.69) is 41.1 Å². The van der Waals surface area contributed by atoms with Crippen LogP contribution in [-0.2, 0) is 0 Å². The highest BCUT2D eigenvalue weighted by atomic mass is 28.3. The molecule has 0 aliphatic heterocycles. The van der Waals surface area contributed by atoms with Gasteiger partial charge in [0.15, 0.2) is 11.5 Å². The normalized spacial score (nSPS) is 11.5. The first-order chi connectivity index (χ1) is 25.2. The van der Waals surface area contributed by atoms with Gasteiger partial charge in [-0.05, 0) is 78.8 Å². The number of terminal acetylenes is 1. The Balaban J connectivity index is 1.03. The molecule has 2 N–H and O–H groups in total. The van der Waals surface area contributed by atoms with E-state index in [-0.39, 0.29) is 0 Å². The zero-order valence-corrected chi connectivity index (χ0v) is 30.5. The number of pyridine rings is 2. The van der Waals surface area contributed by atoms with Gasteiger partial charge in [0.25, 0.3) is 0 Å². The molecule has 0 atom stereocenters. The summed E-state index contributed by atoms with van der Waals surface area (Å²) in [5, 5.41) is 8.84. The highest BCUT2D eigenvalue weighted by molar-refractivity contribution is 6.85. The number of anilines is 2. The number of nitrogens with one attached hydrogen (secondary N) is 2. The van der Waals surface area contributed by atoms with E-state index in [0.29, 0.717) is 23.8 Å². The number of imidazole rings is 2. The van der Waals surface area contributed by atoms with E-state index in [0.717, 1.165) is 79.2 Å². The molecule has 0 bridgehead atoms. The van der Waals surface area contributed by atoms with Crippen molar-refractivity contribution in [3.05, 3.63) is 96.3 Å². The van der Waals surface area contributed by atoms with Gasteiger partial charge in [-0.2, -0.15) is 0 Å². The van der Waals surface area contributed by atoms with Gasteiger partial charge < -0.3 is 28.9 Å². The molecule has 0 aliphatic carbocycles. The molecule has 0 amide bonds. The van der Waals surface area contributed by atoms with Gasteiger partial charge in [0, 0.05) is 47.9 Å². The predicted octanol–water partition coefficient (Wildman–Crippen LogP) is 8.56. The van der Waals surface area contributed by atoms with Crippen molar-refractivity contribution in [2.24, 2.45) is 0 Å². The van der Waals surface area contributed by atoms with Gasteiger partial charge in [0.2, 0.25) is 0 Å². The van der Waals surface area contributed by atoms with Crippen LogP contribution in [0.4, 0.5) is 11.6 Å². The van der Waals surface area contributed by atoms with E-state index in [1.165, 1.54) is 0 Å². The van der Waals surface area contributed by atoms with Crippen LogP contribution in [0.2, 0.25) is 19.1 Å². The number of hydrogen-bond acceptors (Lipinski definition) is 8. The summed E-state index contributed by atoms with van der Waals surface area (Å²) < 4.78 is 27.3. The standard InChI is InChI=1S/C41H36N6O4Si/c1-7-26-12-16-47-36(20-26)45-39(35-25-29-23-31(49-4)9-11-33(29)51-35)41(47)43-15-19-52(5,6)18-14-27-13-17-46-37(21-27)44-38(40(46)42-2)34-24-28-22-30(48-3)8-10-32(28)50-34/h1,8-13,16-17,20-25,42-43H,15,19H2,2-6H3. The second kappa shape index (κ2) is 13.0. The van der Waals surface area contributed by atoms with E-state index in [1.807, 2.05) is 101 Å². The lowest BCUT2D eigenvalue weighted by Crippen LogP contribution is -2.27. The smallest absolute Gasteiger partial charge is 0.157 e. The third-order valence-electron chi connectivity index (χ3n) is 9.16. The van der Waals surface area contributed by atoms with Crippen LogP contribution in [-0.4, -0.2) is 54.7 Å². The summed E-state index contributed by atoms with van der Waals surface area (Å²) in [5.41, 5.74) is 9.79. The van der Waals surface area contributed by atoms with E-state index in [9.17, 15) is 0 Å².